The Bertz CT molecular complexity index is 1210. The fourth-order valence-corrected chi connectivity index (χ4v) is 5.14. The van der Waals surface area contributed by atoms with E-state index in [0.29, 0.717) is 19.4 Å². The Hall–Kier alpha value is -3.16. The second kappa shape index (κ2) is 9.77. The molecule has 0 aliphatic carbocycles. The summed E-state index contributed by atoms with van der Waals surface area (Å²) in [7, 11) is -0.429. The van der Waals surface area contributed by atoms with Crippen LogP contribution in [0.2, 0.25) is 0 Å². The van der Waals surface area contributed by atoms with Gasteiger partial charge < -0.3 is 10.2 Å². The average Bonchev–Trinajstić information content (AvgIpc) is 3.21. The Kier molecular flexibility index (Phi) is 6.81. The Morgan fingerprint density at radius 3 is 2.33 bits per heavy atom. The van der Waals surface area contributed by atoms with E-state index in [-0.39, 0.29) is 23.4 Å². The monoisotopic (exact) mass is 463 g/mol. The lowest BCUT2D eigenvalue weighted by Gasteiger charge is -2.23. The van der Waals surface area contributed by atoms with Crippen LogP contribution in [0.15, 0.2) is 83.8 Å². The van der Waals surface area contributed by atoms with Crippen molar-refractivity contribution in [1.82, 2.24) is 9.62 Å². The van der Waals surface area contributed by atoms with Gasteiger partial charge in [0.1, 0.15) is 0 Å². The summed E-state index contributed by atoms with van der Waals surface area (Å²) in [6.07, 6.45) is 1.42. The fourth-order valence-electron chi connectivity index (χ4n) is 4.18. The van der Waals surface area contributed by atoms with E-state index < -0.39 is 10.0 Å². The number of amides is 1. The van der Waals surface area contributed by atoms with E-state index in [1.807, 2.05) is 59.5 Å². The molecule has 7 heteroatoms. The predicted octanol–water partition coefficient (Wildman–Crippen LogP) is 3.40. The van der Waals surface area contributed by atoms with Crippen LogP contribution in [0.1, 0.15) is 22.7 Å². The first-order valence-electron chi connectivity index (χ1n) is 11.0. The van der Waals surface area contributed by atoms with E-state index in [9.17, 15) is 13.2 Å². The summed E-state index contributed by atoms with van der Waals surface area (Å²) in [6.45, 7) is 0.911. The topological polar surface area (TPSA) is 69.7 Å². The minimum atomic E-state index is -3.48. The van der Waals surface area contributed by atoms with Gasteiger partial charge in [-0.3, -0.25) is 4.79 Å². The highest BCUT2D eigenvalue weighted by Crippen LogP contribution is 2.30. The highest BCUT2D eigenvalue weighted by molar-refractivity contribution is 7.89. The van der Waals surface area contributed by atoms with Gasteiger partial charge in [0.15, 0.2) is 0 Å². The average molecular weight is 464 g/mol. The second-order valence-electron chi connectivity index (χ2n) is 8.47. The lowest BCUT2D eigenvalue weighted by molar-refractivity contribution is -0.120. The zero-order valence-corrected chi connectivity index (χ0v) is 19.8. The summed E-state index contributed by atoms with van der Waals surface area (Å²) in [4.78, 5) is 15.3. The molecular formula is C26H29N3O3S. The highest BCUT2D eigenvalue weighted by Gasteiger charge is 2.26. The van der Waals surface area contributed by atoms with Crippen molar-refractivity contribution < 1.29 is 13.2 Å². The zero-order valence-electron chi connectivity index (χ0n) is 18.9. The number of rotatable bonds is 8. The van der Waals surface area contributed by atoms with Crippen LogP contribution in [-0.4, -0.2) is 45.8 Å². The van der Waals surface area contributed by atoms with Crippen molar-refractivity contribution in [2.45, 2.75) is 23.8 Å². The summed E-state index contributed by atoms with van der Waals surface area (Å²) in [5.41, 5.74) is 4.10. The van der Waals surface area contributed by atoms with Crippen molar-refractivity contribution in [1.29, 1.82) is 0 Å². The lowest BCUT2D eigenvalue weighted by atomic mass is 9.99. The number of anilines is 1. The standard InChI is InChI=1S/C26H29N3O3S/c1-28(2)33(31,32)23-13-14-25-22(18-23)15-16-29(25)19-26(30)27-24(21-11-7-4-8-12-21)17-20-9-5-3-6-10-20/h3-14,18,24H,15-17,19H2,1-2H3,(H,27,30). The van der Waals surface area contributed by atoms with Crippen LogP contribution >= 0.6 is 0 Å². The van der Waals surface area contributed by atoms with Crippen LogP contribution < -0.4 is 10.2 Å². The first kappa shape index (κ1) is 23.0. The molecule has 1 aliphatic heterocycles. The van der Waals surface area contributed by atoms with Crippen LogP contribution in [-0.2, 0) is 27.7 Å². The van der Waals surface area contributed by atoms with Gasteiger partial charge in [0, 0.05) is 26.3 Å². The van der Waals surface area contributed by atoms with Gasteiger partial charge in [-0.15, -0.1) is 0 Å². The van der Waals surface area contributed by atoms with Crippen molar-refractivity contribution in [2.24, 2.45) is 0 Å². The normalized spacial score (nSPS) is 14.2. The van der Waals surface area contributed by atoms with Crippen molar-refractivity contribution in [2.75, 3.05) is 32.1 Å². The molecule has 1 N–H and O–H groups in total. The third-order valence-electron chi connectivity index (χ3n) is 5.98. The number of carbonyl (C=O) groups is 1. The summed E-state index contributed by atoms with van der Waals surface area (Å²) in [6, 6.07) is 25.2. The molecule has 0 aromatic heterocycles. The van der Waals surface area contributed by atoms with Gasteiger partial charge in [-0.25, -0.2) is 12.7 Å². The molecule has 6 nitrogen and oxygen atoms in total. The van der Waals surface area contributed by atoms with Gasteiger partial charge in [-0.1, -0.05) is 60.7 Å². The van der Waals surface area contributed by atoms with Crippen molar-refractivity contribution in [3.8, 4) is 0 Å². The van der Waals surface area contributed by atoms with Gasteiger partial charge in [-0.2, -0.15) is 0 Å². The third-order valence-corrected chi connectivity index (χ3v) is 7.79. The molecule has 0 radical (unpaired) electrons. The maximum Gasteiger partial charge on any atom is 0.242 e. The summed E-state index contributed by atoms with van der Waals surface area (Å²) in [5.74, 6) is -0.0578. The van der Waals surface area contributed by atoms with Gasteiger partial charge >= 0.3 is 0 Å². The molecule has 1 aliphatic rings. The number of fused-ring (bicyclic) bond motifs is 1. The van der Waals surface area contributed by atoms with Crippen LogP contribution in [0.25, 0.3) is 0 Å². The minimum Gasteiger partial charge on any atom is -0.362 e. The smallest absolute Gasteiger partial charge is 0.242 e. The Morgan fingerprint density at radius 2 is 1.67 bits per heavy atom. The van der Waals surface area contributed by atoms with E-state index in [0.717, 1.165) is 22.4 Å². The third kappa shape index (κ3) is 5.26. The number of nitrogens with zero attached hydrogens (tertiary/aromatic N) is 2. The van der Waals surface area contributed by atoms with Gasteiger partial charge in [-0.05, 0) is 47.7 Å². The molecular weight excluding hydrogens is 434 g/mol. The molecule has 172 valence electrons. The van der Waals surface area contributed by atoms with E-state index in [1.54, 1.807) is 12.1 Å². The van der Waals surface area contributed by atoms with E-state index in [1.165, 1.54) is 18.4 Å². The molecule has 3 aromatic rings. The number of nitrogens with one attached hydrogen (secondary N) is 1. The van der Waals surface area contributed by atoms with Crippen molar-refractivity contribution in [3.05, 3.63) is 95.6 Å². The Morgan fingerprint density at radius 1 is 1.00 bits per heavy atom. The highest BCUT2D eigenvalue weighted by atomic mass is 32.2. The van der Waals surface area contributed by atoms with E-state index in [2.05, 4.69) is 17.4 Å². The lowest BCUT2D eigenvalue weighted by Crippen LogP contribution is -2.39. The van der Waals surface area contributed by atoms with Gasteiger partial charge in [0.25, 0.3) is 0 Å². The van der Waals surface area contributed by atoms with Gasteiger partial charge in [0.05, 0.1) is 17.5 Å². The zero-order chi connectivity index (χ0) is 23.4. The molecule has 0 bridgehead atoms. The predicted molar refractivity (Wildman–Crippen MR) is 131 cm³/mol. The Balaban J connectivity index is 1.48. The quantitative estimate of drug-likeness (QED) is 0.556. The molecule has 3 aromatic carbocycles. The first-order chi connectivity index (χ1) is 15.8. The van der Waals surface area contributed by atoms with Crippen LogP contribution in [0.5, 0.6) is 0 Å². The fraction of sp³-hybridized carbons (Fsp3) is 0.269. The SMILES string of the molecule is CN(C)S(=O)(=O)c1ccc2c(c1)CCN2CC(=O)NC(Cc1ccccc1)c1ccccc1. The molecule has 0 saturated carbocycles. The molecule has 1 unspecified atom stereocenters. The molecule has 0 saturated heterocycles. The number of hydrogen-bond acceptors (Lipinski definition) is 4. The van der Waals surface area contributed by atoms with Crippen LogP contribution in [0.3, 0.4) is 0 Å². The van der Waals surface area contributed by atoms with Gasteiger partial charge in [0.2, 0.25) is 15.9 Å². The molecule has 1 amide bonds. The maximum atomic E-state index is 13.0. The number of sulfonamides is 1. The molecule has 4 rings (SSSR count). The maximum absolute atomic E-state index is 13.0. The minimum absolute atomic E-state index is 0.0578. The molecule has 1 atom stereocenters. The molecule has 0 fully saturated rings. The van der Waals surface area contributed by atoms with Crippen LogP contribution in [0.4, 0.5) is 5.69 Å². The second-order valence-corrected chi connectivity index (χ2v) is 10.6. The summed E-state index contributed by atoms with van der Waals surface area (Å²) < 4.78 is 26.1. The first-order valence-corrected chi connectivity index (χ1v) is 12.5. The summed E-state index contributed by atoms with van der Waals surface area (Å²) in [5, 5.41) is 3.21. The number of hydrogen-bond donors (Lipinski definition) is 1. The molecule has 0 spiro atoms. The number of benzene rings is 3. The summed E-state index contributed by atoms with van der Waals surface area (Å²) >= 11 is 0. The molecule has 33 heavy (non-hydrogen) atoms. The molecule has 1 heterocycles. The largest absolute Gasteiger partial charge is 0.362 e. The van der Waals surface area contributed by atoms with E-state index in [4.69, 9.17) is 0 Å². The number of carbonyl (C=O) groups excluding carboxylic acids is 1. The Labute approximate surface area is 195 Å². The van der Waals surface area contributed by atoms with Crippen molar-refractivity contribution in [3.63, 3.8) is 0 Å². The van der Waals surface area contributed by atoms with E-state index >= 15 is 0 Å². The van der Waals surface area contributed by atoms with Crippen LogP contribution in [0, 0.1) is 0 Å². The van der Waals surface area contributed by atoms with Crippen molar-refractivity contribution >= 4 is 21.6 Å².